The predicted molar refractivity (Wildman–Crippen MR) is 56.9 cm³/mol. The molecule has 78 valence electrons. The molecule has 2 N–H and O–H groups in total. The molecule has 1 aromatic rings. The van der Waals surface area contributed by atoms with Crippen molar-refractivity contribution in [3.63, 3.8) is 0 Å². The van der Waals surface area contributed by atoms with Gasteiger partial charge in [0.05, 0.1) is 23.3 Å². The summed E-state index contributed by atoms with van der Waals surface area (Å²) in [6, 6.07) is 1.84. The van der Waals surface area contributed by atoms with E-state index in [1.54, 1.807) is 13.3 Å². The van der Waals surface area contributed by atoms with Gasteiger partial charge in [0.15, 0.2) is 0 Å². The van der Waals surface area contributed by atoms with E-state index in [9.17, 15) is 4.79 Å². The lowest BCUT2D eigenvalue weighted by Gasteiger charge is -2.10. The Kier molecular flexibility index (Phi) is 4.16. The van der Waals surface area contributed by atoms with Gasteiger partial charge >= 0.3 is 0 Å². The van der Waals surface area contributed by atoms with E-state index >= 15 is 0 Å². The molecule has 1 amide bonds. The minimum atomic E-state index is -0.0421. The van der Waals surface area contributed by atoms with E-state index in [4.69, 9.17) is 4.42 Å². The number of halogens is 1. The number of carbonyl (C=O) groups excluding carboxylic acids is 1. The van der Waals surface area contributed by atoms with Crippen LogP contribution in [0.5, 0.6) is 0 Å². The third-order valence-corrected chi connectivity index (χ3v) is 2.54. The molecule has 0 fully saturated rings. The minimum absolute atomic E-state index is 0.0108. The Bertz CT molecular complexity index is 312. The minimum Gasteiger partial charge on any atom is -0.466 e. The van der Waals surface area contributed by atoms with Gasteiger partial charge in [-0.25, -0.2) is 0 Å². The molecule has 14 heavy (non-hydrogen) atoms. The maximum atomic E-state index is 11.0. The highest BCUT2D eigenvalue weighted by Crippen LogP contribution is 2.23. The summed E-state index contributed by atoms with van der Waals surface area (Å²) in [5, 5.41) is 5.58. The lowest BCUT2D eigenvalue weighted by molar-refractivity contribution is -0.119. The zero-order chi connectivity index (χ0) is 10.6. The summed E-state index contributed by atoms with van der Waals surface area (Å²) >= 11 is 3.36. The quantitative estimate of drug-likeness (QED) is 0.862. The lowest BCUT2D eigenvalue weighted by atomic mass is 10.2. The molecule has 1 heterocycles. The summed E-state index contributed by atoms with van der Waals surface area (Å²) in [7, 11) is 1.61. The van der Waals surface area contributed by atoms with Crippen molar-refractivity contribution in [1.29, 1.82) is 0 Å². The highest BCUT2D eigenvalue weighted by Gasteiger charge is 2.12. The number of rotatable bonds is 4. The van der Waals surface area contributed by atoms with Crippen LogP contribution in [-0.2, 0) is 4.79 Å². The molecule has 0 radical (unpaired) electrons. The Labute approximate surface area is 91.2 Å². The number of amides is 1. The molecule has 1 aromatic heterocycles. The third-order valence-electron chi connectivity index (χ3n) is 1.89. The molecule has 5 heteroatoms. The molecule has 0 bridgehead atoms. The second-order valence-corrected chi connectivity index (χ2v) is 3.76. The first-order valence-electron chi connectivity index (χ1n) is 4.32. The molecule has 0 aliphatic rings. The first kappa shape index (κ1) is 11.3. The van der Waals surface area contributed by atoms with Gasteiger partial charge < -0.3 is 9.73 Å². The summed E-state index contributed by atoms with van der Waals surface area (Å²) in [6.45, 7) is 2.22. The van der Waals surface area contributed by atoms with Crippen molar-refractivity contribution in [1.82, 2.24) is 10.6 Å². The summed E-state index contributed by atoms with van der Waals surface area (Å²) in [4.78, 5) is 11.0. The van der Waals surface area contributed by atoms with Gasteiger partial charge in [-0.3, -0.25) is 10.1 Å². The highest BCUT2D eigenvalue weighted by atomic mass is 79.9. The zero-order valence-corrected chi connectivity index (χ0v) is 9.72. The molecule has 0 aliphatic carbocycles. The second kappa shape index (κ2) is 5.17. The van der Waals surface area contributed by atoms with Crippen LogP contribution in [0.2, 0.25) is 0 Å². The molecule has 1 rings (SSSR count). The van der Waals surface area contributed by atoms with Crippen LogP contribution in [0.25, 0.3) is 0 Å². The third kappa shape index (κ3) is 2.85. The fourth-order valence-corrected chi connectivity index (χ4v) is 1.59. The SMILES string of the molecule is CNC(=O)CNC(C)c1occc1Br. The highest BCUT2D eigenvalue weighted by molar-refractivity contribution is 9.10. The normalized spacial score (nSPS) is 12.5. The van der Waals surface area contributed by atoms with Crippen molar-refractivity contribution in [2.45, 2.75) is 13.0 Å². The molecule has 0 aromatic carbocycles. The standard InChI is InChI=1S/C9H13BrN2O2/c1-6(12-5-8(13)11-2)9-7(10)3-4-14-9/h3-4,6,12H,5H2,1-2H3,(H,11,13). The number of carbonyl (C=O) groups is 1. The van der Waals surface area contributed by atoms with Gasteiger partial charge in [0.2, 0.25) is 5.91 Å². The molecule has 0 aliphatic heterocycles. The topological polar surface area (TPSA) is 54.3 Å². The van der Waals surface area contributed by atoms with E-state index < -0.39 is 0 Å². The maximum Gasteiger partial charge on any atom is 0.233 e. The summed E-state index contributed by atoms with van der Waals surface area (Å²) < 4.78 is 6.16. The van der Waals surface area contributed by atoms with Gasteiger partial charge in [-0.15, -0.1) is 0 Å². The lowest BCUT2D eigenvalue weighted by Crippen LogP contribution is -2.32. The van der Waals surface area contributed by atoms with Crippen LogP contribution in [0, 0.1) is 0 Å². The van der Waals surface area contributed by atoms with Crippen LogP contribution < -0.4 is 10.6 Å². The van der Waals surface area contributed by atoms with Gasteiger partial charge in [0.1, 0.15) is 5.76 Å². The van der Waals surface area contributed by atoms with Crippen molar-refractivity contribution in [3.8, 4) is 0 Å². The van der Waals surface area contributed by atoms with Crippen molar-refractivity contribution in [2.24, 2.45) is 0 Å². The van der Waals surface area contributed by atoms with E-state index in [0.717, 1.165) is 10.2 Å². The Morgan fingerprint density at radius 1 is 1.71 bits per heavy atom. The number of furan rings is 1. The van der Waals surface area contributed by atoms with Gasteiger partial charge in [-0.2, -0.15) is 0 Å². The Morgan fingerprint density at radius 2 is 2.43 bits per heavy atom. The molecular weight excluding hydrogens is 248 g/mol. The van der Waals surface area contributed by atoms with E-state index in [-0.39, 0.29) is 18.5 Å². The van der Waals surface area contributed by atoms with Gasteiger partial charge in [-0.05, 0) is 28.9 Å². The summed E-state index contributed by atoms with van der Waals surface area (Å²) in [6.07, 6.45) is 1.61. The zero-order valence-electron chi connectivity index (χ0n) is 8.13. The van der Waals surface area contributed by atoms with E-state index in [2.05, 4.69) is 26.6 Å². The molecular formula is C9H13BrN2O2. The smallest absolute Gasteiger partial charge is 0.233 e. The monoisotopic (exact) mass is 260 g/mol. The Balaban J connectivity index is 2.47. The van der Waals surface area contributed by atoms with E-state index in [0.29, 0.717) is 0 Å². The van der Waals surface area contributed by atoms with E-state index in [1.165, 1.54) is 0 Å². The van der Waals surface area contributed by atoms with Crippen LogP contribution in [0.4, 0.5) is 0 Å². The number of hydrogen-bond donors (Lipinski definition) is 2. The largest absolute Gasteiger partial charge is 0.466 e. The van der Waals surface area contributed by atoms with E-state index in [1.807, 2.05) is 13.0 Å². The van der Waals surface area contributed by atoms with Crippen molar-refractivity contribution < 1.29 is 9.21 Å². The fraction of sp³-hybridized carbons (Fsp3) is 0.444. The number of likely N-dealkylation sites (N-methyl/N-ethyl adjacent to an activating group) is 1. The molecule has 0 saturated heterocycles. The average Bonchev–Trinajstić information content (AvgIpc) is 2.60. The fourth-order valence-electron chi connectivity index (χ4n) is 1.04. The van der Waals surface area contributed by atoms with Crippen molar-refractivity contribution >= 4 is 21.8 Å². The Morgan fingerprint density at radius 3 is 2.93 bits per heavy atom. The van der Waals surface area contributed by atoms with Crippen LogP contribution in [-0.4, -0.2) is 19.5 Å². The van der Waals surface area contributed by atoms with Crippen LogP contribution >= 0.6 is 15.9 Å². The van der Waals surface area contributed by atoms with Crippen LogP contribution in [0.15, 0.2) is 21.2 Å². The van der Waals surface area contributed by atoms with Crippen LogP contribution in [0.3, 0.4) is 0 Å². The second-order valence-electron chi connectivity index (χ2n) is 2.91. The average molecular weight is 261 g/mol. The molecule has 1 atom stereocenters. The maximum absolute atomic E-state index is 11.0. The van der Waals surface area contributed by atoms with Crippen molar-refractivity contribution in [2.75, 3.05) is 13.6 Å². The van der Waals surface area contributed by atoms with Gasteiger partial charge in [0.25, 0.3) is 0 Å². The summed E-state index contributed by atoms with van der Waals surface area (Å²) in [5.41, 5.74) is 0. The van der Waals surface area contributed by atoms with Crippen molar-refractivity contribution in [3.05, 3.63) is 22.6 Å². The first-order valence-corrected chi connectivity index (χ1v) is 5.11. The molecule has 4 nitrogen and oxygen atoms in total. The number of nitrogens with one attached hydrogen (secondary N) is 2. The predicted octanol–water partition coefficient (Wildman–Crippen LogP) is 1.44. The molecule has 1 unspecified atom stereocenters. The van der Waals surface area contributed by atoms with Gasteiger partial charge in [0, 0.05) is 7.05 Å². The molecule has 0 saturated carbocycles. The Hall–Kier alpha value is -0.810. The number of hydrogen-bond acceptors (Lipinski definition) is 3. The first-order chi connectivity index (χ1) is 6.65. The van der Waals surface area contributed by atoms with Gasteiger partial charge in [-0.1, -0.05) is 0 Å². The van der Waals surface area contributed by atoms with Crippen LogP contribution in [0.1, 0.15) is 18.7 Å². The summed E-state index contributed by atoms with van der Waals surface area (Å²) in [5.74, 6) is 0.758. The molecule has 0 spiro atoms.